The van der Waals surface area contributed by atoms with Crippen LogP contribution in [0.5, 0.6) is 0 Å². The van der Waals surface area contributed by atoms with E-state index >= 15 is 0 Å². The molecule has 162 valence electrons. The van der Waals surface area contributed by atoms with Gasteiger partial charge in [-0.3, -0.25) is 14.2 Å². The molecular formula is C25H30N4O2. The van der Waals surface area contributed by atoms with Crippen LogP contribution < -0.4 is 10.5 Å². The second-order valence-corrected chi connectivity index (χ2v) is 8.40. The van der Waals surface area contributed by atoms with E-state index in [1.54, 1.807) is 31.9 Å². The van der Waals surface area contributed by atoms with Crippen LogP contribution in [0.1, 0.15) is 43.6 Å². The molecule has 1 fully saturated rings. The Hall–Kier alpha value is -3.15. The van der Waals surface area contributed by atoms with Gasteiger partial charge in [0.25, 0.3) is 5.56 Å². The number of para-hydroxylation sites is 2. The molecule has 1 aliphatic heterocycles. The lowest BCUT2D eigenvalue weighted by Gasteiger charge is -2.32. The number of rotatable bonds is 5. The Morgan fingerprint density at radius 3 is 2.52 bits per heavy atom. The number of hydrogen-bond donors (Lipinski definition) is 0. The van der Waals surface area contributed by atoms with Gasteiger partial charge in [0.2, 0.25) is 5.91 Å². The van der Waals surface area contributed by atoms with Gasteiger partial charge in [-0.05, 0) is 56.9 Å². The largest absolute Gasteiger partial charge is 0.371 e. The molecule has 1 aromatic heterocycles. The fourth-order valence-electron chi connectivity index (χ4n) is 4.56. The van der Waals surface area contributed by atoms with E-state index in [1.165, 1.54) is 29.5 Å². The van der Waals surface area contributed by atoms with Gasteiger partial charge in [0, 0.05) is 32.4 Å². The number of benzene rings is 2. The highest BCUT2D eigenvalue weighted by Gasteiger charge is 2.24. The number of amides is 1. The van der Waals surface area contributed by atoms with Gasteiger partial charge in [0.15, 0.2) is 0 Å². The average molecular weight is 419 g/mol. The lowest BCUT2D eigenvalue weighted by molar-refractivity contribution is -0.133. The second-order valence-electron chi connectivity index (χ2n) is 8.40. The number of likely N-dealkylation sites (N-methyl/N-ethyl adjacent to an activating group) is 1. The molecule has 1 amide bonds. The first-order chi connectivity index (χ1) is 15.0. The van der Waals surface area contributed by atoms with Gasteiger partial charge < -0.3 is 9.80 Å². The molecule has 0 spiro atoms. The minimum atomic E-state index is -0.628. The SMILES string of the molecule is Cc1nc2ccccc2c(=O)n1C(C)C(=O)N(C)Cc1ccccc1N1CCCCC1. The first-order valence-electron chi connectivity index (χ1n) is 11.0. The van der Waals surface area contributed by atoms with E-state index in [-0.39, 0.29) is 11.5 Å². The molecule has 0 radical (unpaired) electrons. The normalized spacial score (nSPS) is 15.1. The molecule has 1 atom stereocenters. The van der Waals surface area contributed by atoms with Crippen LogP contribution in [-0.2, 0) is 11.3 Å². The van der Waals surface area contributed by atoms with Crippen LogP contribution in [0, 0.1) is 6.92 Å². The number of carbonyl (C=O) groups excluding carboxylic acids is 1. The molecule has 6 nitrogen and oxygen atoms in total. The van der Waals surface area contributed by atoms with Gasteiger partial charge in [-0.1, -0.05) is 30.3 Å². The van der Waals surface area contributed by atoms with Crippen LogP contribution in [0.4, 0.5) is 5.69 Å². The maximum absolute atomic E-state index is 13.3. The molecule has 0 aliphatic carbocycles. The zero-order chi connectivity index (χ0) is 22.0. The number of fused-ring (bicyclic) bond motifs is 1. The zero-order valence-electron chi connectivity index (χ0n) is 18.5. The Morgan fingerprint density at radius 1 is 1.06 bits per heavy atom. The van der Waals surface area contributed by atoms with Crippen molar-refractivity contribution < 1.29 is 4.79 Å². The topological polar surface area (TPSA) is 58.4 Å². The summed E-state index contributed by atoms with van der Waals surface area (Å²) in [5.41, 5.74) is 2.82. The number of anilines is 1. The van der Waals surface area contributed by atoms with Crippen molar-refractivity contribution in [2.75, 3.05) is 25.0 Å². The number of aryl methyl sites for hydroxylation is 1. The molecule has 31 heavy (non-hydrogen) atoms. The van der Waals surface area contributed by atoms with Crippen molar-refractivity contribution in [3.05, 3.63) is 70.3 Å². The lowest BCUT2D eigenvalue weighted by Crippen LogP contribution is -2.38. The van der Waals surface area contributed by atoms with Crippen molar-refractivity contribution in [1.29, 1.82) is 0 Å². The summed E-state index contributed by atoms with van der Waals surface area (Å²) in [6.45, 7) is 6.18. The molecule has 0 N–H and O–H groups in total. The highest BCUT2D eigenvalue weighted by Crippen LogP contribution is 2.25. The van der Waals surface area contributed by atoms with E-state index in [0.717, 1.165) is 18.7 Å². The van der Waals surface area contributed by atoms with E-state index in [1.807, 2.05) is 24.3 Å². The summed E-state index contributed by atoms with van der Waals surface area (Å²) in [6.07, 6.45) is 3.69. The predicted octanol–water partition coefficient (Wildman–Crippen LogP) is 3.91. The van der Waals surface area contributed by atoms with Crippen LogP contribution in [0.2, 0.25) is 0 Å². The van der Waals surface area contributed by atoms with Crippen molar-refractivity contribution in [2.45, 2.75) is 45.7 Å². The summed E-state index contributed by atoms with van der Waals surface area (Å²) >= 11 is 0. The Bertz CT molecular complexity index is 1150. The fraction of sp³-hybridized carbons (Fsp3) is 0.400. The lowest BCUT2D eigenvalue weighted by atomic mass is 10.1. The monoisotopic (exact) mass is 418 g/mol. The minimum Gasteiger partial charge on any atom is -0.371 e. The van der Waals surface area contributed by atoms with Crippen molar-refractivity contribution in [3.8, 4) is 0 Å². The van der Waals surface area contributed by atoms with Gasteiger partial charge >= 0.3 is 0 Å². The van der Waals surface area contributed by atoms with Crippen molar-refractivity contribution >= 4 is 22.5 Å². The summed E-state index contributed by atoms with van der Waals surface area (Å²) in [5.74, 6) is 0.447. The zero-order valence-corrected chi connectivity index (χ0v) is 18.5. The van der Waals surface area contributed by atoms with Crippen molar-refractivity contribution in [1.82, 2.24) is 14.5 Å². The van der Waals surface area contributed by atoms with Gasteiger partial charge in [-0.25, -0.2) is 4.98 Å². The molecule has 0 saturated carbocycles. The number of aromatic nitrogens is 2. The van der Waals surface area contributed by atoms with Crippen LogP contribution in [0.15, 0.2) is 53.3 Å². The number of carbonyl (C=O) groups is 1. The Labute approximate surface area is 183 Å². The summed E-state index contributed by atoms with van der Waals surface area (Å²) < 4.78 is 1.51. The summed E-state index contributed by atoms with van der Waals surface area (Å²) in [6, 6.07) is 14.9. The van der Waals surface area contributed by atoms with E-state index in [0.29, 0.717) is 23.3 Å². The van der Waals surface area contributed by atoms with Crippen LogP contribution in [0.3, 0.4) is 0 Å². The fourth-order valence-corrected chi connectivity index (χ4v) is 4.56. The van der Waals surface area contributed by atoms with Crippen molar-refractivity contribution in [3.63, 3.8) is 0 Å². The predicted molar refractivity (Wildman–Crippen MR) is 124 cm³/mol. The highest BCUT2D eigenvalue weighted by atomic mass is 16.2. The van der Waals surface area contributed by atoms with E-state index in [9.17, 15) is 9.59 Å². The molecular weight excluding hydrogens is 388 g/mol. The summed E-state index contributed by atoms with van der Waals surface area (Å²) in [5, 5.41) is 0.533. The van der Waals surface area contributed by atoms with E-state index in [4.69, 9.17) is 0 Å². The molecule has 3 aromatic rings. The molecule has 0 bridgehead atoms. The van der Waals surface area contributed by atoms with E-state index in [2.05, 4.69) is 28.1 Å². The molecule has 1 saturated heterocycles. The average Bonchev–Trinajstić information content (AvgIpc) is 2.79. The molecule has 2 aromatic carbocycles. The number of nitrogens with zero attached hydrogens (tertiary/aromatic N) is 4. The standard InChI is InChI=1S/C25H30N4O2/c1-18(29-19(2)26-22-13-7-6-12-21(22)25(29)31)24(30)27(3)17-20-11-5-8-14-23(20)28-15-9-4-10-16-28/h5-8,11-14,18H,4,9-10,15-17H2,1-3H3. The molecule has 2 heterocycles. The van der Waals surface area contributed by atoms with E-state index < -0.39 is 6.04 Å². The third-order valence-electron chi connectivity index (χ3n) is 6.20. The quantitative estimate of drug-likeness (QED) is 0.630. The maximum Gasteiger partial charge on any atom is 0.262 e. The second kappa shape index (κ2) is 8.92. The van der Waals surface area contributed by atoms with Gasteiger partial charge in [0.1, 0.15) is 11.9 Å². The molecule has 4 rings (SSSR count). The maximum atomic E-state index is 13.3. The summed E-state index contributed by atoms with van der Waals surface area (Å²) in [7, 11) is 1.81. The Balaban J connectivity index is 1.58. The van der Waals surface area contributed by atoms with Crippen LogP contribution >= 0.6 is 0 Å². The third-order valence-corrected chi connectivity index (χ3v) is 6.20. The minimum absolute atomic E-state index is 0.101. The third kappa shape index (κ3) is 4.20. The van der Waals surface area contributed by atoms with Gasteiger partial charge in [0.05, 0.1) is 10.9 Å². The summed E-state index contributed by atoms with van der Waals surface area (Å²) in [4.78, 5) is 35.1. The smallest absolute Gasteiger partial charge is 0.262 e. The van der Waals surface area contributed by atoms with Gasteiger partial charge in [-0.2, -0.15) is 0 Å². The van der Waals surface area contributed by atoms with Crippen molar-refractivity contribution in [2.24, 2.45) is 0 Å². The first kappa shape index (κ1) is 21.1. The Morgan fingerprint density at radius 2 is 1.74 bits per heavy atom. The highest BCUT2D eigenvalue weighted by molar-refractivity contribution is 5.82. The number of piperidine rings is 1. The van der Waals surface area contributed by atoms with Crippen LogP contribution in [-0.4, -0.2) is 40.5 Å². The van der Waals surface area contributed by atoms with Crippen LogP contribution in [0.25, 0.3) is 10.9 Å². The number of hydrogen-bond acceptors (Lipinski definition) is 4. The van der Waals surface area contributed by atoms with Gasteiger partial charge in [-0.15, -0.1) is 0 Å². The Kier molecular flexibility index (Phi) is 6.07. The molecule has 1 aliphatic rings. The molecule has 1 unspecified atom stereocenters. The molecule has 6 heteroatoms. The first-order valence-corrected chi connectivity index (χ1v) is 11.0.